The van der Waals surface area contributed by atoms with Gasteiger partial charge in [-0.3, -0.25) is 4.79 Å². The Hall–Kier alpha value is -2.79. The van der Waals surface area contributed by atoms with Crippen LogP contribution in [0.25, 0.3) is 0 Å². The molecule has 212 valence electrons. The van der Waals surface area contributed by atoms with Gasteiger partial charge in [0.1, 0.15) is 6.10 Å². The molecule has 0 aliphatic carbocycles. The van der Waals surface area contributed by atoms with Crippen LogP contribution in [0.4, 0.5) is 4.79 Å². The van der Waals surface area contributed by atoms with E-state index in [4.69, 9.17) is 4.74 Å². The average molecular weight is 550 g/mol. The van der Waals surface area contributed by atoms with Gasteiger partial charge in [0.15, 0.2) is 0 Å². The van der Waals surface area contributed by atoms with Crippen LogP contribution in [0.15, 0.2) is 91.1 Å². The SMILES string of the molecule is CCC=CCC=CCC=CCC=CCC=CCCCCS[C@@H](CC)C(=O)N1C(=O)O[C@H](c2ccccc2)[C@@H]1C. The van der Waals surface area contributed by atoms with Gasteiger partial charge in [-0.2, -0.15) is 0 Å². The molecule has 1 aliphatic rings. The quantitative estimate of drug-likeness (QED) is 0.135. The van der Waals surface area contributed by atoms with E-state index in [0.717, 1.165) is 62.7 Å². The zero-order valence-corrected chi connectivity index (χ0v) is 24.9. The van der Waals surface area contributed by atoms with Crippen LogP contribution in [0.5, 0.6) is 0 Å². The third kappa shape index (κ3) is 12.3. The van der Waals surface area contributed by atoms with Gasteiger partial charge < -0.3 is 4.74 Å². The highest BCUT2D eigenvalue weighted by molar-refractivity contribution is 8.00. The van der Waals surface area contributed by atoms with Crippen molar-refractivity contribution >= 4 is 23.8 Å². The maximum atomic E-state index is 13.2. The summed E-state index contributed by atoms with van der Waals surface area (Å²) in [6.07, 6.45) is 30.2. The van der Waals surface area contributed by atoms with E-state index in [2.05, 4.69) is 67.7 Å². The summed E-state index contributed by atoms with van der Waals surface area (Å²) >= 11 is 1.66. The van der Waals surface area contributed by atoms with Crippen LogP contribution in [0.1, 0.15) is 90.2 Å². The first kappa shape index (κ1) is 32.4. The lowest BCUT2D eigenvalue weighted by Crippen LogP contribution is -2.42. The highest BCUT2D eigenvalue weighted by atomic mass is 32.2. The van der Waals surface area contributed by atoms with E-state index in [-0.39, 0.29) is 17.2 Å². The highest BCUT2D eigenvalue weighted by Gasteiger charge is 2.44. The van der Waals surface area contributed by atoms with Crippen molar-refractivity contribution in [2.24, 2.45) is 0 Å². The maximum Gasteiger partial charge on any atom is 0.417 e. The Labute approximate surface area is 241 Å². The van der Waals surface area contributed by atoms with Crippen molar-refractivity contribution in [1.82, 2.24) is 4.90 Å². The molecular formula is C34H47NO3S. The maximum absolute atomic E-state index is 13.2. The minimum absolute atomic E-state index is 0.128. The van der Waals surface area contributed by atoms with Crippen molar-refractivity contribution in [2.45, 2.75) is 96.0 Å². The molecular weight excluding hydrogens is 502 g/mol. The van der Waals surface area contributed by atoms with Crippen LogP contribution >= 0.6 is 11.8 Å². The Morgan fingerprint density at radius 2 is 1.44 bits per heavy atom. The highest BCUT2D eigenvalue weighted by Crippen LogP contribution is 2.34. The molecule has 39 heavy (non-hydrogen) atoms. The van der Waals surface area contributed by atoms with E-state index in [1.54, 1.807) is 11.8 Å². The van der Waals surface area contributed by atoms with Gasteiger partial charge in [0, 0.05) is 0 Å². The first-order chi connectivity index (χ1) is 19.1. The summed E-state index contributed by atoms with van der Waals surface area (Å²) < 4.78 is 5.57. The molecule has 1 fully saturated rings. The van der Waals surface area contributed by atoms with Crippen molar-refractivity contribution in [3.63, 3.8) is 0 Å². The molecule has 4 nitrogen and oxygen atoms in total. The first-order valence-electron chi connectivity index (χ1n) is 14.5. The molecule has 1 aromatic carbocycles. The molecule has 0 bridgehead atoms. The van der Waals surface area contributed by atoms with Crippen LogP contribution in [0.2, 0.25) is 0 Å². The number of rotatable bonds is 18. The Morgan fingerprint density at radius 3 is 2.00 bits per heavy atom. The number of nitrogens with zero attached hydrogens (tertiary/aromatic N) is 1. The van der Waals surface area contributed by atoms with Gasteiger partial charge in [0.25, 0.3) is 0 Å². The summed E-state index contributed by atoms with van der Waals surface area (Å²) in [5.74, 6) is 0.783. The minimum Gasteiger partial charge on any atom is -0.439 e. The standard InChI is InChI=1S/C34H47NO3S/c1-4-6-7-8-9-10-11-12-13-14-15-16-17-18-19-20-21-25-28-39-31(5-2)33(36)35-29(3)32(38-34(35)37)30-26-23-22-24-27-30/h6-7,9-10,12-13,15-16,18-19,22-24,26-27,29,31-32H,4-5,8,11,14,17,20-21,25,28H2,1-3H3/t29-,31-,32-/m0/s1. The number of unbranched alkanes of at least 4 members (excludes halogenated alkanes) is 2. The van der Waals surface area contributed by atoms with Gasteiger partial charge >= 0.3 is 6.09 Å². The Morgan fingerprint density at radius 1 is 0.872 bits per heavy atom. The summed E-state index contributed by atoms with van der Waals surface area (Å²) in [6.45, 7) is 6.05. The van der Waals surface area contributed by atoms with E-state index in [9.17, 15) is 9.59 Å². The largest absolute Gasteiger partial charge is 0.439 e. The second-order valence-electron chi connectivity index (χ2n) is 9.64. The Kier molecular flexibility index (Phi) is 16.8. The summed E-state index contributed by atoms with van der Waals surface area (Å²) in [4.78, 5) is 27.0. The molecule has 3 atom stereocenters. The van der Waals surface area contributed by atoms with E-state index < -0.39 is 12.2 Å². The smallest absolute Gasteiger partial charge is 0.417 e. The minimum atomic E-state index is -0.529. The van der Waals surface area contributed by atoms with Gasteiger partial charge in [0.2, 0.25) is 5.91 Å². The van der Waals surface area contributed by atoms with Crippen molar-refractivity contribution in [3.05, 3.63) is 96.7 Å². The summed E-state index contributed by atoms with van der Waals surface area (Å²) in [5, 5.41) is -0.219. The van der Waals surface area contributed by atoms with Crippen LogP contribution in [0, 0.1) is 0 Å². The molecule has 0 saturated carbocycles. The summed E-state index contributed by atoms with van der Waals surface area (Å²) in [7, 11) is 0. The van der Waals surface area contributed by atoms with Gasteiger partial charge in [-0.25, -0.2) is 9.69 Å². The predicted molar refractivity (Wildman–Crippen MR) is 167 cm³/mol. The number of hydrogen-bond acceptors (Lipinski definition) is 4. The van der Waals surface area contributed by atoms with E-state index >= 15 is 0 Å². The number of thioether (sulfide) groups is 1. The van der Waals surface area contributed by atoms with Crippen molar-refractivity contribution in [3.8, 4) is 0 Å². The number of amides is 2. The number of carbonyl (C=O) groups is 2. The van der Waals surface area contributed by atoms with Crippen molar-refractivity contribution < 1.29 is 14.3 Å². The molecule has 1 saturated heterocycles. The van der Waals surface area contributed by atoms with Crippen LogP contribution in [-0.4, -0.2) is 33.9 Å². The second kappa shape index (κ2) is 20.2. The molecule has 0 radical (unpaired) electrons. The zero-order valence-electron chi connectivity index (χ0n) is 24.0. The molecule has 0 aromatic heterocycles. The lowest BCUT2D eigenvalue weighted by molar-refractivity contribution is -0.128. The molecule has 1 aromatic rings. The molecule has 0 spiro atoms. The fourth-order valence-corrected chi connectivity index (χ4v) is 5.47. The Balaban J connectivity index is 1.57. The van der Waals surface area contributed by atoms with Crippen LogP contribution in [-0.2, 0) is 9.53 Å². The number of cyclic esters (lactones) is 1. The van der Waals surface area contributed by atoms with E-state index in [0.29, 0.717) is 6.42 Å². The number of benzene rings is 1. The lowest BCUT2D eigenvalue weighted by Gasteiger charge is -2.23. The third-order valence-corrected chi connectivity index (χ3v) is 7.99. The lowest BCUT2D eigenvalue weighted by atomic mass is 10.0. The van der Waals surface area contributed by atoms with Crippen molar-refractivity contribution in [2.75, 3.05) is 5.75 Å². The summed E-state index contributed by atoms with van der Waals surface area (Å²) in [6, 6.07) is 9.34. The van der Waals surface area contributed by atoms with Crippen LogP contribution < -0.4 is 0 Å². The fourth-order valence-electron chi connectivity index (χ4n) is 4.32. The average Bonchev–Trinajstić information content (AvgIpc) is 3.25. The molecule has 1 aliphatic heterocycles. The molecule has 2 rings (SSSR count). The van der Waals surface area contributed by atoms with Gasteiger partial charge in [-0.05, 0) is 76.0 Å². The van der Waals surface area contributed by atoms with Gasteiger partial charge in [-0.15, -0.1) is 11.8 Å². The Bertz CT molecular complexity index is 979. The van der Waals surface area contributed by atoms with Crippen molar-refractivity contribution in [1.29, 1.82) is 0 Å². The first-order valence-corrected chi connectivity index (χ1v) is 15.6. The molecule has 2 amide bonds. The topological polar surface area (TPSA) is 46.6 Å². The monoisotopic (exact) mass is 549 g/mol. The number of carbonyl (C=O) groups excluding carboxylic acids is 2. The van der Waals surface area contributed by atoms with Crippen LogP contribution in [0.3, 0.4) is 0 Å². The molecule has 0 unspecified atom stereocenters. The number of hydrogen-bond donors (Lipinski definition) is 0. The zero-order chi connectivity index (χ0) is 28.1. The third-order valence-electron chi connectivity index (χ3n) is 6.52. The van der Waals surface area contributed by atoms with E-state index in [1.165, 1.54) is 4.90 Å². The predicted octanol–water partition coefficient (Wildman–Crippen LogP) is 9.53. The number of allylic oxidation sites excluding steroid dienone is 10. The van der Waals surface area contributed by atoms with E-state index in [1.807, 2.05) is 44.2 Å². The molecule has 1 heterocycles. The molecule has 0 N–H and O–H groups in total. The normalized spacial score (nSPS) is 18.9. The fraction of sp³-hybridized carbons (Fsp3) is 0.471. The second-order valence-corrected chi connectivity index (χ2v) is 10.9. The molecule has 5 heteroatoms. The number of imide groups is 1. The van der Waals surface area contributed by atoms with Gasteiger partial charge in [-0.1, -0.05) is 105 Å². The number of ether oxygens (including phenoxy) is 1. The van der Waals surface area contributed by atoms with Gasteiger partial charge in [0.05, 0.1) is 11.3 Å². The summed E-state index contributed by atoms with van der Waals surface area (Å²) in [5.41, 5.74) is 0.921.